The van der Waals surface area contributed by atoms with E-state index >= 15 is 0 Å². The molecule has 44 valence electrons. The van der Waals surface area contributed by atoms with Gasteiger partial charge in [0.1, 0.15) is 0 Å². The van der Waals surface area contributed by atoms with Gasteiger partial charge in [0, 0.05) is 21.1 Å². The smallest absolute Gasteiger partial charge is 0 e. The van der Waals surface area contributed by atoms with Crippen LogP contribution in [-0.2, 0) is 33.7 Å². The Bertz CT molecular complexity index is 32.9. The summed E-state index contributed by atoms with van der Waals surface area (Å²) in [5.74, 6) is 0.840. The molecule has 0 amide bonds. The average Bonchev–Trinajstić information content (AvgIpc) is 1.35. The van der Waals surface area contributed by atoms with Crippen molar-refractivity contribution >= 4 is 12.6 Å². The van der Waals surface area contributed by atoms with Gasteiger partial charge in [0.2, 0.25) is 0 Å². The van der Waals surface area contributed by atoms with Gasteiger partial charge in [-0.1, -0.05) is 0 Å². The summed E-state index contributed by atoms with van der Waals surface area (Å²) in [7, 11) is 4.04. The Labute approximate surface area is 65.1 Å². The largest absolute Gasteiger partial charge is 0.791 e. The van der Waals surface area contributed by atoms with Crippen LogP contribution in [0.2, 0.25) is 0 Å². The van der Waals surface area contributed by atoms with Crippen LogP contribution in [0.3, 0.4) is 0 Å². The summed E-state index contributed by atoms with van der Waals surface area (Å²) in [4.78, 5) is 2.08. The molecule has 0 aliphatic rings. The molecule has 1 nitrogen and oxygen atoms in total. The molecule has 0 spiro atoms. The number of rotatable bonds is 2. The Balaban J connectivity index is 0. The van der Waals surface area contributed by atoms with Crippen molar-refractivity contribution in [3.05, 3.63) is 0 Å². The van der Waals surface area contributed by atoms with Crippen LogP contribution in [0.4, 0.5) is 0 Å². The molecule has 0 radical (unpaired) electrons. The van der Waals surface area contributed by atoms with Gasteiger partial charge >= 0.3 is 0 Å². The molecule has 0 aliphatic heterocycles. The van der Waals surface area contributed by atoms with E-state index in [-0.39, 0.29) is 21.1 Å². The van der Waals surface area contributed by atoms with Crippen LogP contribution >= 0.6 is 0 Å². The minimum atomic E-state index is 0. The minimum Gasteiger partial charge on any atom is -0.791 e. The van der Waals surface area contributed by atoms with Crippen LogP contribution in [-0.4, -0.2) is 31.3 Å². The molecule has 0 unspecified atom stereocenters. The summed E-state index contributed by atoms with van der Waals surface area (Å²) in [6, 6.07) is 0. The molecule has 0 heterocycles. The zero-order valence-corrected chi connectivity index (χ0v) is 8.43. The van der Waals surface area contributed by atoms with Gasteiger partial charge in [-0.2, -0.15) is 5.75 Å². The fourth-order valence-corrected chi connectivity index (χ4v) is 0.548. The van der Waals surface area contributed by atoms with Crippen molar-refractivity contribution < 1.29 is 21.1 Å². The molecular weight excluding hydrogens is 278 g/mol. The topological polar surface area (TPSA) is 3.24 Å². The van der Waals surface area contributed by atoms with E-state index in [0.717, 1.165) is 12.3 Å². The summed E-state index contributed by atoms with van der Waals surface area (Å²) in [5, 5.41) is 0. The molecular formula is C4H10NSW-. The minimum absolute atomic E-state index is 0. The fraction of sp³-hybridized carbons (Fsp3) is 1.00. The molecule has 7 heavy (non-hydrogen) atoms. The Hall–Kier alpha value is 0.998. The van der Waals surface area contributed by atoms with Crippen LogP contribution < -0.4 is 0 Å². The Morgan fingerprint density at radius 1 is 1.43 bits per heavy atom. The maximum Gasteiger partial charge on any atom is 0 e. The van der Waals surface area contributed by atoms with Crippen LogP contribution in [0, 0.1) is 0 Å². The van der Waals surface area contributed by atoms with Gasteiger partial charge in [-0.3, -0.25) is 0 Å². The summed E-state index contributed by atoms with van der Waals surface area (Å²) in [6.07, 6.45) is 0. The van der Waals surface area contributed by atoms with E-state index in [0.29, 0.717) is 0 Å². The van der Waals surface area contributed by atoms with Crippen LogP contribution in [0.15, 0.2) is 0 Å². The Kier molecular flexibility index (Phi) is 10.9. The Morgan fingerprint density at radius 3 is 1.86 bits per heavy atom. The molecule has 3 heteroatoms. The molecule has 0 aromatic carbocycles. The molecule has 0 aromatic heterocycles. The van der Waals surface area contributed by atoms with Gasteiger partial charge in [0.25, 0.3) is 0 Å². The van der Waals surface area contributed by atoms with Crippen LogP contribution in [0.25, 0.3) is 0 Å². The van der Waals surface area contributed by atoms with E-state index in [1.165, 1.54) is 0 Å². The first-order valence-electron chi connectivity index (χ1n) is 2.00. The molecule has 0 saturated heterocycles. The predicted octanol–water partition coefficient (Wildman–Crippen LogP) is 0.0924. The molecule has 0 aromatic rings. The standard InChI is InChI=1S/C4H11NS.W/c1-5(2)3-4-6;/h6H,3-4H2,1-2H3;/p-1. The molecule has 0 saturated carbocycles. The SMILES string of the molecule is CN(C)CC[S-].[W]. The summed E-state index contributed by atoms with van der Waals surface area (Å²) in [5.41, 5.74) is 0. The fourth-order valence-electron chi connectivity index (χ4n) is 0.183. The average molecular weight is 288 g/mol. The second-order valence-corrected chi connectivity index (χ2v) is 1.92. The Morgan fingerprint density at radius 2 is 1.86 bits per heavy atom. The molecule has 0 atom stereocenters. The molecule has 0 N–H and O–H groups in total. The molecule has 0 rings (SSSR count). The zero-order chi connectivity index (χ0) is 4.99. The summed E-state index contributed by atoms with van der Waals surface area (Å²) < 4.78 is 0. The van der Waals surface area contributed by atoms with Crippen molar-refractivity contribution in [2.75, 3.05) is 26.4 Å². The molecule has 0 aliphatic carbocycles. The third-order valence-corrected chi connectivity index (χ3v) is 0.721. The monoisotopic (exact) mass is 288 g/mol. The first-order valence-corrected chi connectivity index (χ1v) is 2.58. The second kappa shape index (κ2) is 7.00. The predicted molar refractivity (Wildman–Crippen MR) is 30.8 cm³/mol. The maximum atomic E-state index is 4.69. The van der Waals surface area contributed by atoms with Gasteiger partial charge in [0.15, 0.2) is 0 Å². The van der Waals surface area contributed by atoms with Gasteiger partial charge in [-0.25, -0.2) is 0 Å². The van der Waals surface area contributed by atoms with Crippen molar-refractivity contribution in [3.63, 3.8) is 0 Å². The van der Waals surface area contributed by atoms with E-state index in [1.54, 1.807) is 0 Å². The quantitative estimate of drug-likeness (QED) is 0.663. The molecule has 0 fully saturated rings. The van der Waals surface area contributed by atoms with Gasteiger partial charge in [-0.15, -0.1) is 0 Å². The van der Waals surface area contributed by atoms with Crippen LogP contribution in [0.5, 0.6) is 0 Å². The van der Waals surface area contributed by atoms with E-state index < -0.39 is 0 Å². The number of hydrogen-bond acceptors (Lipinski definition) is 2. The first-order chi connectivity index (χ1) is 2.77. The van der Waals surface area contributed by atoms with E-state index in [1.807, 2.05) is 14.1 Å². The normalized spacial score (nSPS) is 8.57. The van der Waals surface area contributed by atoms with Crippen LogP contribution in [0.1, 0.15) is 0 Å². The van der Waals surface area contributed by atoms with Gasteiger partial charge in [-0.05, 0) is 20.6 Å². The third-order valence-electron chi connectivity index (χ3n) is 0.539. The third kappa shape index (κ3) is 10.9. The van der Waals surface area contributed by atoms with Crippen molar-refractivity contribution in [3.8, 4) is 0 Å². The number of hydrogen-bond donors (Lipinski definition) is 0. The van der Waals surface area contributed by atoms with E-state index in [2.05, 4.69) is 17.5 Å². The van der Waals surface area contributed by atoms with Gasteiger partial charge < -0.3 is 17.5 Å². The van der Waals surface area contributed by atoms with Crippen molar-refractivity contribution in [2.45, 2.75) is 0 Å². The van der Waals surface area contributed by atoms with Gasteiger partial charge in [0.05, 0.1) is 0 Å². The first kappa shape index (κ1) is 10.9. The summed E-state index contributed by atoms with van der Waals surface area (Å²) in [6.45, 7) is 1.02. The van der Waals surface area contributed by atoms with E-state index in [4.69, 9.17) is 0 Å². The molecule has 0 bridgehead atoms. The zero-order valence-electron chi connectivity index (χ0n) is 4.68. The summed E-state index contributed by atoms with van der Waals surface area (Å²) >= 11 is 4.69. The van der Waals surface area contributed by atoms with Crippen molar-refractivity contribution in [1.82, 2.24) is 4.90 Å². The maximum absolute atomic E-state index is 4.69. The van der Waals surface area contributed by atoms with Crippen molar-refractivity contribution in [1.29, 1.82) is 0 Å². The second-order valence-electron chi connectivity index (χ2n) is 1.51. The number of nitrogens with zero attached hydrogens (tertiary/aromatic N) is 1. The van der Waals surface area contributed by atoms with E-state index in [9.17, 15) is 0 Å². The van der Waals surface area contributed by atoms with Crippen molar-refractivity contribution in [2.24, 2.45) is 0 Å².